The second-order valence-electron chi connectivity index (χ2n) is 5.40. The van der Waals surface area contributed by atoms with Crippen LogP contribution in [0, 0.1) is 0 Å². The Morgan fingerprint density at radius 1 is 1.23 bits per heavy atom. The number of rotatable bonds is 5. The van der Waals surface area contributed by atoms with Crippen LogP contribution in [0.15, 0.2) is 34.9 Å². The highest BCUT2D eigenvalue weighted by Crippen LogP contribution is 2.25. The number of anilines is 1. The number of nitrogens with zero attached hydrogens (tertiary/aromatic N) is 6. The van der Waals surface area contributed by atoms with E-state index in [1.54, 1.807) is 6.26 Å². The van der Waals surface area contributed by atoms with Crippen LogP contribution in [0.3, 0.4) is 0 Å². The van der Waals surface area contributed by atoms with Crippen LogP contribution >= 0.6 is 0 Å². The number of fused-ring (bicyclic) bond motifs is 1. The number of aromatic nitrogens is 5. The average molecular weight is 299 g/mol. The molecule has 0 radical (unpaired) electrons. The van der Waals surface area contributed by atoms with Crippen LogP contribution < -0.4 is 5.32 Å². The quantitative estimate of drug-likeness (QED) is 0.761. The molecular weight excluding hydrogens is 282 g/mol. The van der Waals surface area contributed by atoms with Gasteiger partial charge in [-0.05, 0) is 60.6 Å². The van der Waals surface area contributed by atoms with E-state index in [0.717, 1.165) is 31.2 Å². The molecule has 22 heavy (non-hydrogen) atoms. The highest BCUT2D eigenvalue weighted by atomic mass is 16.3. The molecule has 0 bridgehead atoms. The topological polar surface area (TPSA) is 84.4 Å². The van der Waals surface area contributed by atoms with Gasteiger partial charge in [-0.25, -0.2) is 0 Å². The molecule has 3 aromatic rings. The van der Waals surface area contributed by atoms with Gasteiger partial charge in [0.15, 0.2) is 5.65 Å². The zero-order valence-electron chi connectivity index (χ0n) is 12.1. The molecule has 0 aromatic carbocycles. The molecule has 3 aromatic heterocycles. The van der Waals surface area contributed by atoms with E-state index < -0.39 is 0 Å². The zero-order valence-corrected chi connectivity index (χ0v) is 12.1. The second kappa shape index (κ2) is 5.72. The van der Waals surface area contributed by atoms with Crippen LogP contribution in [0.25, 0.3) is 5.65 Å². The Morgan fingerprint density at radius 2 is 2.14 bits per heavy atom. The molecule has 1 unspecified atom stereocenters. The van der Waals surface area contributed by atoms with Gasteiger partial charge in [0.2, 0.25) is 0 Å². The zero-order chi connectivity index (χ0) is 14.8. The lowest BCUT2D eigenvalue weighted by Gasteiger charge is -2.26. The molecule has 4 heterocycles. The molecule has 1 N–H and O–H groups in total. The Bertz CT molecular complexity index is 733. The standard InChI is InChI=1S/C14H17N7O/c1-2-8-20(7-1)11(12-4-3-9-22-12)10-15-13-5-6-14-16-18-19-21(14)17-13/h3-6,9,11H,1-2,7-8,10H2,(H,15,17). The van der Waals surface area contributed by atoms with Crippen molar-refractivity contribution in [3.05, 3.63) is 36.3 Å². The molecule has 1 aliphatic rings. The summed E-state index contributed by atoms with van der Waals surface area (Å²) in [5.41, 5.74) is 0.632. The first kappa shape index (κ1) is 13.2. The summed E-state index contributed by atoms with van der Waals surface area (Å²) in [5, 5.41) is 18.9. The maximum Gasteiger partial charge on any atom is 0.200 e. The summed E-state index contributed by atoms with van der Waals surface area (Å²) in [5.74, 6) is 1.73. The molecule has 8 heteroatoms. The fraction of sp³-hybridized carbons (Fsp3) is 0.429. The summed E-state index contributed by atoms with van der Waals surface area (Å²) in [6, 6.07) is 7.90. The van der Waals surface area contributed by atoms with Gasteiger partial charge in [-0.2, -0.15) is 0 Å². The highest BCUT2D eigenvalue weighted by molar-refractivity contribution is 5.42. The lowest BCUT2D eigenvalue weighted by Crippen LogP contribution is -2.31. The molecule has 8 nitrogen and oxygen atoms in total. The molecule has 1 fully saturated rings. The van der Waals surface area contributed by atoms with E-state index in [1.165, 1.54) is 17.5 Å². The minimum atomic E-state index is 0.212. The number of tetrazole rings is 1. The fourth-order valence-corrected chi connectivity index (χ4v) is 2.89. The number of likely N-dealkylation sites (tertiary alicyclic amines) is 1. The Balaban J connectivity index is 1.51. The van der Waals surface area contributed by atoms with E-state index in [1.807, 2.05) is 24.3 Å². The van der Waals surface area contributed by atoms with Gasteiger partial charge >= 0.3 is 0 Å². The third-order valence-electron chi connectivity index (χ3n) is 4.00. The van der Waals surface area contributed by atoms with Gasteiger partial charge in [-0.1, -0.05) is 0 Å². The maximum atomic E-state index is 5.61. The highest BCUT2D eigenvalue weighted by Gasteiger charge is 2.25. The van der Waals surface area contributed by atoms with Gasteiger partial charge in [-0.15, -0.1) is 14.8 Å². The molecule has 1 aliphatic heterocycles. The van der Waals surface area contributed by atoms with Crippen LogP contribution in [0.2, 0.25) is 0 Å². The van der Waals surface area contributed by atoms with Crippen LogP contribution in [0.4, 0.5) is 5.82 Å². The number of furan rings is 1. The first-order chi connectivity index (χ1) is 10.9. The van der Waals surface area contributed by atoms with Gasteiger partial charge in [0.05, 0.1) is 12.3 Å². The lowest BCUT2D eigenvalue weighted by molar-refractivity contribution is 0.225. The van der Waals surface area contributed by atoms with E-state index in [0.29, 0.717) is 5.65 Å². The van der Waals surface area contributed by atoms with Gasteiger partial charge in [0.25, 0.3) is 0 Å². The van der Waals surface area contributed by atoms with Crippen LogP contribution in [0.1, 0.15) is 24.6 Å². The van der Waals surface area contributed by atoms with Crippen molar-refractivity contribution in [2.45, 2.75) is 18.9 Å². The van der Waals surface area contributed by atoms with E-state index in [-0.39, 0.29) is 6.04 Å². The van der Waals surface area contributed by atoms with Gasteiger partial charge < -0.3 is 9.73 Å². The number of hydrogen-bond acceptors (Lipinski definition) is 7. The van der Waals surface area contributed by atoms with Crippen molar-refractivity contribution in [2.24, 2.45) is 0 Å². The van der Waals surface area contributed by atoms with Crippen molar-refractivity contribution in [3.8, 4) is 0 Å². The first-order valence-corrected chi connectivity index (χ1v) is 7.47. The van der Waals surface area contributed by atoms with Crippen molar-refractivity contribution in [3.63, 3.8) is 0 Å². The molecule has 0 aliphatic carbocycles. The molecule has 0 amide bonds. The van der Waals surface area contributed by atoms with Crippen LogP contribution in [-0.2, 0) is 0 Å². The predicted octanol–water partition coefficient (Wildman–Crippen LogP) is 1.36. The molecule has 1 saturated heterocycles. The molecule has 1 atom stereocenters. The predicted molar refractivity (Wildman–Crippen MR) is 79.3 cm³/mol. The second-order valence-corrected chi connectivity index (χ2v) is 5.40. The summed E-state index contributed by atoms with van der Waals surface area (Å²) in [6.45, 7) is 2.94. The largest absolute Gasteiger partial charge is 0.468 e. The Hall–Kier alpha value is -2.48. The third-order valence-corrected chi connectivity index (χ3v) is 4.00. The lowest BCUT2D eigenvalue weighted by atomic mass is 10.2. The normalized spacial score (nSPS) is 17.1. The Labute approximate surface area is 127 Å². The smallest absolute Gasteiger partial charge is 0.200 e. The Morgan fingerprint density at radius 3 is 2.95 bits per heavy atom. The van der Waals surface area contributed by atoms with Crippen LogP contribution in [-0.4, -0.2) is 49.8 Å². The van der Waals surface area contributed by atoms with E-state index in [2.05, 4.69) is 30.8 Å². The number of hydrogen-bond donors (Lipinski definition) is 1. The average Bonchev–Trinajstić information content (AvgIpc) is 3.30. The van der Waals surface area contributed by atoms with Gasteiger partial charge in [0.1, 0.15) is 11.6 Å². The van der Waals surface area contributed by atoms with Crippen molar-refractivity contribution in [2.75, 3.05) is 25.0 Å². The minimum absolute atomic E-state index is 0.212. The van der Waals surface area contributed by atoms with E-state index in [4.69, 9.17) is 4.42 Å². The van der Waals surface area contributed by atoms with E-state index >= 15 is 0 Å². The maximum absolute atomic E-state index is 5.61. The molecule has 0 spiro atoms. The first-order valence-electron chi connectivity index (χ1n) is 7.47. The minimum Gasteiger partial charge on any atom is -0.468 e. The monoisotopic (exact) mass is 299 g/mol. The third kappa shape index (κ3) is 2.52. The summed E-state index contributed by atoms with van der Waals surface area (Å²) < 4.78 is 7.03. The SMILES string of the molecule is c1coc(C(CNc2ccc3nnnn3n2)N2CCCC2)c1. The summed E-state index contributed by atoms with van der Waals surface area (Å²) in [6.07, 6.45) is 4.21. The van der Waals surface area contributed by atoms with Gasteiger partial charge in [-0.3, -0.25) is 4.90 Å². The summed E-state index contributed by atoms with van der Waals surface area (Å²) in [4.78, 5) is 2.45. The molecular formula is C14H17N7O. The van der Waals surface area contributed by atoms with Crippen molar-refractivity contribution >= 4 is 11.5 Å². The van der Waals surface area contributed by atoms with E-state index in [9.17, 15) is 0 Å². The number of nitrogens with one attached hydrogen (secondary N) is 1. The van der Waals surface area contributed by atoms with Crippen molar-refractivity contribution < 1.29 is 4.42 Å². The summed E-state index contributed by atoms with van der Waals surface area (Å²) >= 11 is 0. The van der Waals surface area contributed by atoms with Gasteiger partial charge in [0, 0.05) is 6.54 Å². The molecule has 4 rings (SSSR count). The van der Waals surface area contributed by atoms with Crippen LogP contribution in [0.5, 0.6) is 0 Å². The van der Waals surface area contributed by atoms with Crippen molar-refractivity contribution in [1.29, 1.82) is 0 Å². The Kier molecular flexibility index (Phi) is 3.43. The van der Waals surface area contributed by atoms with Crippen molar-refractivity contribution in [1.82, 2.24) is 30.2 Å². The summed E-state index contributed by atoms with van der Waals surface area (Å²) in [7, 11) is 0. The fourth-order valence-electron chi connectivity index (χ4n) is 2.89. The molecule has 114 valence electrons. The molecule has 0 saturated carbocycles.